The highest BCUT2D eigenvalue weighted by molar-refractivity contribution is 5.96. The normalized spacial score (nSPS) is 13.9. The second-order valence-corrected chi connectivity index (χ2v) is 5.14. The zero-order valence-corrected chi connectivity index (χ0v) is 10.6. The summed E-state index contributed by atoms with van der Waals surface area (Å²) in [7, 11) is 5.83. The maximum Gasteiger partial charge on any atom is 0.189 e. The van der Waals surface area contributed by atoms with Crippen molar-refractivity contribution < 1.29 is 14.4 Å². The van der Waals surface area contributed by atoms with Gasteiger partial charge in [-0.3, -0.25) is 4.79 Å². The zero-order valence-electron chi connectivity index (χ0n) is 10.6. The molecule has 0 bridgehead atoms. The Bertz CT molecular complexity index is 390. The van der Waals surface area contributed by atoms with Crippen molar-refractivity contribution in [3.05, 3.63) is 42.0 Å². The number of hydrogen-bond donors (Lipinski definition) is 1. The van der Waals surface area contributed by atoms with Crippen molar-refractivity contribution in [2.75, 3.05) is 27.7 Å². The number of aliphatic hydroxyl groups excluding tert-OH is 1. The Kier molecular flexibility index (Phi) is 4.61. The molecule has 17 heavy (non-hydrogen) atoms. The molecule has 0 aromatic heterocycles. The van der Waals surface area contributed by atoms with E-state index in [1.807, 2.05) is 51.5 Å². The fraction of sp³-hybridized carbons (Fsp3) is 0.357. The van der Waals surface area contributed by atoms with E-state index in [4.69, 9.17) is 0 Å². The first-order valence-electron chi connectivity index (χ1n) is 5.64. The Hall–Kier alpha value is -1.45. The number of ketones is 1. The molecule has 92 valence electrons. The fourth-order valence-corrected chi connectivity index (χ4v) is 1.46. The van der Waals surface area contributed by atoms with Crippen molar-refractivity contribution in [3.63, 3.8) is 0 Å². The SMILES string of the molecule is C[N+](C)(C)CC(O)C(=O)/C=C/c1ccccc1. The van der Waals surface area contributed by atoms with E-state index >= 15 is 0 Å². The summed E-state index contributed by atoms with van der Waals surface area (Å²) in [5, 5.41) is 9.71. The molecule has 0 aliphatic carbocycles. The van der Waals surface area contributed by atoms with Crippen molar-refractivity contribution in [2.45, 2.75) is 6.10 Å². The molecular weight excluding hydrogens is 214 g/mol. The number of benzene rings is 1. The van der Waals surface area contributed by atoms with Gasteiger partial charge in [0.25, 0.3) is 0 Å². The molecule has 0 fully saturated rings. The van der Waals surface area contributed by atoms with Gasteiger partial charge >= 0.3 is 0 Å². The molecule has 1 atom stereocenters. The highest BCUT2D eigenvalue weighted by Gasteiger charge is 2.20. The van der Waals surface area contributed by atoms with Gasteiger partial charge in [0, 0.05) is 0 Å². The largest absolute Gasteiger partial charge is 0.379 e. The number of aliphatic hydroxyl groups is 1. The molecule has 0 heterocycles. The summed E-state index contributed by atoms with van der Waals surface area (Å²) < 4.78 is 0.562. The molecule has 0 amide bonds. The Morgan fingerprint density at radius 3 is 2.41 bits per heavy atom. The second kappa shape index (κ2) is 5.75. The monoisotopic (exact) mass is 234 g/mol. The number of rotatable bonds is 5. The van der Waals surface area contributed by atoms with Crippen LogP contribution in [0.4, 0.5) is 0 Å². The van der Waals surface area contributed by atoms with Crippen molar-refractivity contribution >= 4 is 11.9 Å². The summed E-state index contributed by atoms with van der Waals surface area (Å²) in [6.07, 6.45) is 2.23. The van der Waals surface area contributed by atoms with Gasteiger partial charge in [0.1, 0.15) is 6.54 Å². The number of carbonyl (C=O) groups is 1. The average Bonchev–Trinajstić information content (AvgIpc) is 2.25. The lowest BCUT2D eigenvalue weighted by Crippen LogP contribution is -2.43. The topological polar surface area (TPSA) is 37.3 Å². The quantitative estimate of drug-likeness (QED) is 0.616. The minimum atomic E-state index is -0.935. The highest BCUT2D eigenvalue weighted by Crippen LogP contribution is 2.03. The maximum atomic E-state index is 11.6. The Morgan fingerprint density at radius 1 is 1.29 bits per heavy atom. The van der Waals surface area contributed by atoms with Crippen LogP contribution < -0.4 is 0 Å². The first-order valence-corrected chi connectivity index (χ1v) is 5.64. The predicted octanol–water partition coefficient (Wildman–Crippen LogP) is 1.34. The van der Waals surface area contributed by atoms with E-state index in [2.05, 4.69) is 0 Å². The average molecular weight is 234 g/mol. The van der Waals surface area contributed by atoms with Crippen molar-refractivity contribution in [3.8, 4) is 0 Å². The smallest absolute Gasteiger partial charge is 0.189 e. The first kappa shape index (κ1) is 13.6. The van der Waals surface area contributed by atoms with Crippen LogP contribution in [0.15, 0.2) is 36.4 Å². The zero-order chi connectivity index (χ0) is 12.9. The third-order valence-corrected chi connectivity index (χ3v) is 2.29. The van der Waals surface area contributed by atoms with Crippen LogP contribution in [0.2, 0.25) is 0 Å². The lowest BCUT2D eigenvalue weighted by Gasteiger charge is -2.25. The highest BCUT2D eigenvalue weighted by atomic mass is 16.3. The van der Waals surface area contributed by atoms with Gasteiger partial charge in [0.2, 0.25) is 0 Å². The molecule has 0 saturated carbocycles. The van der Waals surface area contributed by atoms with Crippen LogP contribution in [0.1, 0.15) is 5.56 Å². The summed E-state index contributed by atoms with van der Waals surface area (Å²) in [4.78, 5) is 11.6. The molecule has 1 unspecified atom stereocenters. The van der Waals surface area contributed by atoms with Gasteiger partial charge in [-0.2, -0.15) is 0 Å². The third-order valence-electron chi connectivity index (χ3n) is 2.29. The Balaban J connectivity index is 2.58. The van der Waals surface area contributed by atoms with Gasteiger partial charge in [-0.1, -0.05) is 36.4 Å². The van der Waals surface area contributed by atoms with E-state index < -0.39 is 6.10 Å². The van der Waals surface area contributed by atoms with Crippen molar-refractivity contribution in [2.24, 2.45) is 0 Å². The molecule has 0 aliphatic rings. The molecule has 1 rings (SSSR count). The molecule has 1 aromatic rings. The van der Waals surface area contributed by atoms with Crippen LogP contribution in [0, 0.1) is 0 Å². The van der Waals surface area contributed by atoms with Crippen LogP contribution in [-0.4, -0.2) is 49.2 Å². The summed E-state index contributed by atoms with van der Waals surface area (Å²) >= 11 is 0. The van der Waals surface area contributed by atoms with Crippen molar-refractivity contribution in [1.82, 2.24) is 0 Å². The summed E-state index contributed by atoms with van der Waals surface area (Å²) in [6.45, 7) is 0.415. The predicted molar refractivity (Wildman–Crippen MR) is 69.4 cm³/mol. The standard InChI is InChI=1S/C14H20NO2/c1-15(2,3)11-14(17)13(16)10-9-12-7-5-4-6-8-12/h4-10,14,17H,11H2,1-3H3/q+1/b10-9+. The molecule has 0 aliphatic heterocycles. The van der Waals surface area contributed by atoms with Crippen LogP contribution in [0.3, 0.4) is 0 Å². The molecule has 3 heteroatoms. The van der Waals surface area contributed by atoms with Crippen LogP contribution in [-0.2, 0) is 4.79 Å². The van der Waals surface area contributed by atoms with E-state index in [0.29, 0.717) is 11.0 Å². The molecule has 0 saturated heterocycles. The van der Waals surface area contributed by atoms with Crippen LogP contribution >= 0.6 is 0 Å². The van der Waals surface area contributed by atoms with Gasteiger partial charge in [-0.25, -0.2) is 0 Å². The van der Waals surface area contributed by atoms with Crippen LogP contribution in [0.5, 0.6) is 0 Å². The summed E-state index contributed by atoms with van der Waals surface area (Å²) in [6, 6.07) is 9.57. The summed E-state index contributed by atoms with van der Waals surface area (Å²) in [5.41, 5.74) is 0.957. The van der Waals surface area contributed by atoms with Crippen LogP contribution in [0.25, 0.3) is 6.08 Å². The maximum absolute atomic E-state index is 11.6. The van der Waals surface area contributed by atoms with E-state index in [0.717, 1.165) is 5.56 Å². The molecule has 0 radical (unpaired) electrons. The molecule has 3 nitrogen and oxygen atoms in total. The van der Waals surface area contributed by atoms with E-state index in [-0.39, 0.29) is 5.78 Å². The molecule has 0 spiro atoms. The van der Waals surface area contributed by atoms with E-state index in [1.54, 1.807) is 6.08 Å². The van der Waals surface area contributed by atoms with Gasteiger partial charge in [-0.15, -0.1) is 0 Å². The minimum Gasteiger partial charge on any atom is -0.379 e. The lowest BCUT2D eigenvalue weighted by molar-refractivity contribution is -0.872. The lowest BCUT2D eigenvalue weighted by atomic mass is 10.1. The van der Waals surface area contributed by atoms with E-state index in [1.165, 1.54) is 6.08 Å². The molecule has 1 N–H and O–H groups in total. The molecular formula is C14H20NO2+. The van der Waals surface area contributed by atoms with Gasteiger partial charge < -0.3 is 9.59 Å². The Labute approximate surface area is 103 Å². The number of quaternary nitrogens is 1. The third kappa shape index (κ3) is 5.43. The fourth-order valence-electron chi connectivity index (χ4n) is 1.46. The first-order chi connectivity index (χ1) is 7.88. The number of likely N-dealkylation sites (N-methyl/N-ethyl adjacent to an activating group) is 1. The van der Waals surface area contributed by atoms with Gasteiger partial charge in [0.05, 0.1) is 21.1 Å². The number of hydrogen-bond acceptors (Lipinski definition) is 2. The van der Waals surface area contributed by atoms with Gasteiger partial charge in [-0.05, 0) is 11.6 Å². The van der Waals surface area contributed by atoms with Gasteiger partial charge in [0.15, 0.2) is 11.9 Å². The van der Waals surface area contributed by atoms with Crippen molar-refractivity contribution in [1.29, 1.82) is 0 Å². The second-order valence-electron chi connectivity index (χ2n) is 5.14. The number of nitrogens with zero attached hydrogens (tertiary/aromatic N) is 1. The Morgan fingerprint density at radius 2 is 1.88 bits per heavy atom. The molecule has 1 aromatic carbocycles. The number of carbonyl (C=O) groups excluding carboxylic acids is 1. The van der Waals surface area contributed by atoms with E-state index in [9.17, 15) is 9.90 Å². The minimum absolute atomic E-state index is 0.248. The summed E-state index contributed by atoms with van der Waals surface area (Å²) in [5.74, 6) is -0.248.